The Morgan fingerprint density at radius 1 is 1.05 bits per heavy atom. The Labute approximate surface area is 133 Å². The number of hydrogen-bond acceptors (Lipinski definition) is 5. The van der Waals surface area contributed by atoms with Crippen LogP contribution in [0.2, 0.25) is 0 Å². The van der Waals surface area contributed by atoms with E-state index in [1.165, 1.54) is 11.3 Å². The van der Waals surface area contributed by atoms with E-state index in [1.807, 2.05) is 19.1 Å². The van der Waals surface area contributed by atoms with E-state index in [0.29, 0.717) is 17.2 Å². The molecule has 2 rings (SSSR count). The van der Waals surface area contributed by atoms with Crippen molar-refractivity contribution in [2.75, 3.05) is 21.3 Å². The fraction of sp³-hybridized carbons (Fsp3) is 0.235. The van der Waals surface area contributed by atoms with Gasteiger partial charge < -0.3 is 14.2 Å². The predicted molar refractivity (Wildman–Crippen MR) is 88.5 cm³/mol. The van der Waals surface area contributed by atoms with Gasteiger partial charge in [-0.2, -0.15) is 0 Å². The second-order valence-corrected chi connectivity index (χ2v) is 5.85. The molecule has 1 aromatic carbocycles. The van der Waals surface area contributed by atoms with Gasteiger partial charge >= 0.3 is 0 Å². The zero-order chi connectivity index (χ0) is 16.1. The van der Waals surface area contributed by atoms with E-state index < -0.39 is 0 Å². The Hall–Kier alpha value is -2.27. The second-order valence-electron chi connectivity index (χ2n) is 4.57. The van der Waals surface area contributed by atoms with Crippen molar-refractivity contribution in [3.8, 4) is 17.2 Å². The van der Waals surface area contributed by atoms with Crippen molar-refractivity contribution in [3.05, 3.63) is 45.7 Å². The lowest BCUT2D eigenvalue weighted by atomic mass is 10.1. The average molecular weight is 318 g/mol. The molecule has 0 aliphatic heterocycles. The van der Waals surface area contributed by atoms with Gasteiger partial charge in [0.15, 0.2) is 17.3 Å². The molecule has 2 aromatic rings. The van der Waals surface area contributed by atoms with Crippen LogP contribution in [0.1, 0.15) is 20.1 Å². The SMILES string of the molecule is COc1cc(/C=C/C(=O)c2ccc(C)s2)cc(OC)c1OC. The van der Waals surface area contributed by atoms with Crippen LogP contribution >= 0.6 is 11.3 Å². The first-order chi connectivity index (χ1) is 10.6. The van der Waals surface area contributed by atoms with Gasteiger partial charge in [0.25, 0.3) is 0 Å². The molecule has 0 atom stereocenters. The highest BCUT2D eigenvalue weighted by atomic mass is 32.1. The van der Waals surface area contributed by atoms with E-state index in [4.69, 9.17) is 14.2 Å². The third kappa shape index (κ3) is 3.49. The predicted octanol–water partition coefficient (Wildman–Crippen LogP) is 3.98. The summed E-state index contributed by atoms with van der Waals surface area (Å²) < 4.78 is 15.9. The number of allylic oxidation sites excluding steroid dienone is 1. The highest BCUT2D eigenvalue weighted by Crippen LogP contribution is 2.38. The highest BCUT2D eigenvalue weighted by Gasteiger charge is 2.12. The zero-order valence-corrected chi connectivity index (χ0v) is 13.8. The van der Waals surface area contributed by atoms with Gasteiger partial charge in [0.2, 0.25) is 5.75 Å². The molecule has 0 spiro atoms. The molecule has 0 fully saturated rings. The van der Waals surface area contributed by atoms with Crippen molar-refractivity contribution >= 4 is 23.2 Å². The van der Waals surface area contributed by atoms with Crippen LogP contribution < -0.4 is 14.2 Å². The van der Waals surface area contributed by atoms with Crippen LogP contribution in [0.5, 0.6) is 17.2 Å². The summed E-state index contributed by atoms with van der Waals surface area (Å²) in [7, 11) is 4.67. The van der Waals surface area contributed by atoms with Gasteiger partial charge in [-0.15, -0.1) is 11.3 Å². The van der Waals surface area contributed by atoms with Crippen LogP contribution in [0.25, 0.3) is 6.08 Å². The molecule has 0 N–H and O–H groups in total. The minimum atomic E-state index is -0.0214. The first-order valence-electron chi connectivity index (χ1n) is 6.68. The molecule has 1 heterocycles. The zero-order valence-electron chi connectivity index (χ0n) is 13.0. The number of carbonyl (C=O) groups is 1. The topological polar surface area (TPSA) is 44.8 Å². The normalized spacial score (nSPS) is 10.7. The van der Waals surface area contributed by atoms with E-state index in [9.17, 15) is 4.79 Å². The Morgan fingerprint density at radius 2 is 1.68 bits per heavy atom. The molecule has 0 aliphatic rings. The van der Waals surface area contributed by atoms with E-state index in [2.05, 4.69) is 0 Å². The van der Waals surface area contributed by atoms with Crippen LogP contribution in [-0.2, 0) is 0 Å². The number of aryl methyl sites for hydroxylation is 1. The lowest BCUT2D eigenvalue weighted by Crippen LogP contribution is -1.96. The van der Waals surface area contributed by atoms with Crippen LogP contribution in [0.4, 0.5) is 0 Å². The van der Waals surface area contributed by atoms with Crippen LogP contribution in [0.3, 0.4) is 0 Å². The number of carbonyl (C=O) groups excluding carboxylic acids is 1. The third-order valence-corrected chi connectivity index (χ3v) is 4.11. The molecule has 5 heteroatoms. The van der Waals surface area contributed by atoms with Crippen molar-refractivity contribution in [2.24, 2.45) is 0 Å². The summed E-state index contributed by atoms with van der Waals surface area (Å²) in [5.41, 5.74) is 0.802. The van der Waals surface area contributed by atoms with Crippen molar-refractivity contribution in [1.82, 2.24) is 0 Å². The molecular formula is C17H18O4S. The van der Waals surface area contributed by atoms with Gasteiger partial charge in [0.05, 0.1) is 26.2 Å². The van der Waals surface area contributed by atoms with Gasteiger partial charge in [-0.25, -0.2) is 0 Å². The molecule has 0 unspecified atom stereocenters. The summed E-state index contributed by atoms with van der Waals surface area (Å²) in [6.45, 7) is 1.98. The number of hydrogen-bond donors (Lipinski definition) is 0. The first-order valence-corrected chi connectivity index (χ1v) is 7.49. The monoisotopic (exact) mass is 318 g/mol. The number of rotatable bonds is 6. The second kappa shape index (κ2) is 7.13. The molecule has 0 saturated heterocycles. The maximum absolute atomic E-state index is 12.1. The average Bonchev–Trinajstić information content (AvgIpc) is 2.97. The number of methoxy groups -OCH3 is 3. The van der Waals surface area contributed by atoms with E-state index in [0.717, 1.165) is 15.3 Å². The Bertz CT molecular complexity index is 675. The van der Waals surface area contributed by atoms with Crippen LogP contribution in [0.15, 0.2) is 30.3 Å². The summed E-state index contributed by atoms with van der Waals surface area (Å²) in [5, 5.41) is 0. The first kappa shape index (κ1) is 16.1. The quantitative estimate of drug-likeness (QED) is 0.597. The minimum absolute atomic E-state index is 0.0214. The van der Waals surface area contributed by atoms with Crippen molar-refractivity contribution in [1.29, 1.82) is 0 Å². The molecule has 0 aliphatic carbocycles. The lowest BCUT2D eigenvalue weighted by Gasteiger charge is -2.12. The molecule has 22 heavy (non-hydrogen) atoms. The van der Waals surface area contributed by atoms with Gasteiger partial charge in [-0.05, 0) is 42.8 Å². The number of ether oxygens (including phenoxy) is 3. The maximum Gasteiger partial charge on any atom is 0.203 e. The summed E-state index contributed by atoms with van der Waals surface area (Å²) in [5.74, 6) is 1.62. The number of ketones is 1. The lowest BCUT2D eigenvalue weighted by molar-refractivity contribution is 0.105. The minimum Gasteiger partial charge on any atom is -0.493 e. The maximum atomic E-state index is 12.1. The number of thiophene rings is 1. The highest BCUT2D eigenvalue weighted by molar-refractivity contribution is 7.14. The Balaban J connectivity index is 2.29. The largest absolute Gasteiger partial charge is 0.493 e. The summed E-state index contributed by atoms with van der Waals surface area (Å²) in [6.07, 6.45) is 3.29. The smallest absolute Gasteiger partial charge is 0.203 e. The molecule has 0 saturated carbocycles. The van der Waals surface area contributed by atoms with Crippen LogP contribution in [-0.4, -0.2) is 27.1 Å². The van der Waals surface area contributed by atoms with Gasteiger partial charge in [-0.3, -0.25) is 4.79 Å². The Kier molecular flexibility index (Phi) is 5.22. The summed E-state index contributed by atoms with van der Waals surface area (Å²) in [6, 6.07) is 7.36. The third-order valence-electron chi connectivity index (χ3n) is 3.10. The van der Waals surface area contributed by atoms with Gasteiger partial charge in [0.1, 0.15) is 0 Å². The molecule has 0 amide bonds. The molecule has 116 valence electrons. The fourth-order valence-electron chi connectivity index (χ4n) is 2.02. The molecule has 0 radical (unpaired) electrons. The summed E-state index contributed by atoms with van der Waals surface area (Å²) >= 11 is 1.48. The molecular weight excluding hydrogens is 300 g/mol. The number of benzene rings is 1. The van der Waals surface area contributed by atoms with Crippen molar-refractivity contribution in [3.63, 3.8) is 0 Å². The van der Waals surface area contributed by atoms with Crippen molar-refractivity contribution in [2.45, 2.75) is 6.92 Å². The fourth-order valence-corrected chi connectivity index (χ4v) is 2.81. The van der Waals surface area contributed by atoms with Crippen LogP contribution in [0, 0.1) is 6.92 Å². The summed E-state index contributed by atoms with van der Waals surface area (Å²) in [4.78, 5) is 13.9. The van der Waals surface area contributed by atoms with Gasteiger partial charge in [0, 0.05) is 4.88 Å². The van der Waals surface area contributed by atoms with E-state index in [-0.39, 0.29) is 5.78 Å². The molecule has 1 aromatic heterocycles. The molecule has 4 nitrogen and oxygen atoms in total. The Morgan fingerprint density at radius 3 is 2.14 bits per heavy atom. The molecule has 0 bridgehead atoms. The van der Waals surface area contributed by atoms with Crippen molar-refractivity contribution < 1.29 is 19.0 Å². The standard InChI is InChI=1S/C17H18O4S/c1-11-5-8-16(22-11)13(18)7-6-12-9-14(19-2)17(21-4)15(10-12)20-3/h5-10H,1-4H3/b7-6+. The van der Waals surface area contributed by atoms with E-state index in [1.54, 1.807) is 45.6 Å². The van der Waals surface area contributed by atoms with Gasteiger partial charge in [-0.1, -0.05) is 6.08 Å². The van der Waals surface area contributed by atoms with E-state index >= 15 is 0 Å².